The van der Waals surface area contributed by atoms with Gasteiger partial charge < -0.3 is 9.67 Å². The monoisotopic (exact) mass is 202 g/mol. The minimum atomic E-state index is 0.393. The Morgan fingerprint density at radius 2 is 1.93 bits per heavy atom. The molecule has 0 spiro atoms. The number of hydrogen-bond donors (Lipinski definition) is 1. The summed E-state index contributed by atoms with van der Waals surface area (Å²) in [5.74, 6) is 0.393. The number of aromatic nitrogens is 2. The van der Waals surface area contributed by atoms with Crippen molar-refractivity contribution in [2.75, 3.05) is 0 Å². The summed E-state index contributed by atoms with van der Waals surface area (Å²) < 4.78 is 2.01. The molecule has 0 amide bonds. The average Bonchev–Trinajstić information content (AvgIpc) is 2.66. The summed E-state index contributed by atoms with van der Waals surface area (Å²) in [5.41, 5.74) is 3.02. The van der Waals surface area contributed by atoms with Crippen LogP contribution in [0, 0.1) is 13.8 Å². The van der Waals surface area contributed by atoms with Gasteiger partial charge in [0.15, 0.2) is 0 Å². The van der Waals surface area contributed by atoms with Gasteiger partial charge in [-0.05, 0) is 30.5 Å². The number of phenolic OH excluding ortho intramolecular Hbond substituents is 1. The van der Waals surface area contributed by atoms with Crippen LogP contribution < -0.4 is 0 Å². The highest BCUT2D eigenvalue weighted by atomic mass is 16.3. The minimum Gasteiger partial charge on any atom is -0.507 e. The van der Waals surface area contributed by atoms with Gasteiger partial charge in [-0.2, -0.15) is 0 Å². The van der Waals surface area contributed by atoms with E-state index in [0.29, 0.717) is 5.75 Å². The number of benzene rings is 1. The molecule has 3 heteroatoms. The van der Waals surface area contributed by atoms with Gasteiger partial charge in [0.1, 0.15) is 5.75 Å². The summed E-state index contributed by atoms with van der Waals surface area (Å²) in [7, 11) is 0. The van der Waals surface area contributed by atoms with E-state index in [4.69, 9.17) is 0 Å². The van der Waals surface area contributed by atoms with Gasteiger partial charge in [-0.15, -0.1) is 0 Å². The fraction of sp³-hybridized carbons (Fsp3) is 0.250. The van der Waals surface area contributed by atoms with Crippen LogP contribution in [0.25, 0.3) is 0 Å². The number of phenols is 1. The van der Waals surface area contributed by atoms with Crippen molar-refractivity contribution < 1.29 is 5.11 Å². The third kappa shape index (κ3) is 2.01. The number of hydrogen-bond acceptors (Lipinski definition) is 2. The van der Waals surface area contributed by atoms with Crippen LogP contribution >= 0.6 is 0 Å². The molecule has 0 fully saturated rings. The zero-order valence-electron chi connectivity index (χ0n) is 8.94. The number of aryl methyl sites for hydroxylation is 2. The summed E-state index contributed by atoms with van der Waals surface area (Å²) in [6, 6.07) is 4.00. The standard InChI is InChI=1S/C12H14N2O/c1-9-5-11(6-10(2)12(9)15)7-14-4-3-13-8-14/h3-6,8,15H,7H2,1-2H3. The first-order valence-corrected chi connectivity index (χ1v) is 4.91. The Morgan fingerprint density at radius 3 is 2.47 bits per heavy atom. The van der Waals surface area contributed by atoms with Crippen molar-refractivity contribution in [3.63, 3.8) is 0 Å². The number of aromatic hydroxyl groups is 1. The zero-order chi connectivity index (χ0) is 10.8. The van der Waals surface area contributed by atoms with E-state index in [1.165, 1.54) is 5.56 Å². The zero-order valence-corrected chi connectivity index (χ0v) is 8.94. The second-order valence-electron chi connectivity index (χ2n) is 3.81. The normalized spacial score (nSPS) is 10.5. The van der Waals surface area contributed by atoms with E-state index in [0.717, 1.165) is 17.7 Å². The molecule has 15 heavy (non-hydrogen) atoms. The van der Waals surface area contributed by atoms with Crippen molar-refractivity contribution in [1.29, 1.82) is 0 Å². The van der Waals surface area contributed by atoms with Crippen molar-refractivity contribution in [2.45, 2.75) is 20.4 Å². The highest BCUT2D eigenvalue weighted by Gasteiger charge is 2.03. The lowest BCUT2D eigenvalue weighted by Gasteiger charge is -2.08. The van der Waals surface area contributed by atoms with E-state index in [2.05, 4.69) is 4.98 Å². The molecular weight excluding hydrogens is 188 g/mol. The van der Waals surface area contributed by atoms with Crippen molar-refractivity contribution in [1.82, 2.24) is 9.55 Å². The topological polar surface area (TPSA) is 38.0 Å². The summed E-state index contributed by atoms with van der Waals surface area (Å²) in [4.78, 5) is 3.99. The first-order chi connectivity index (χ1) is 7.16. The van der Waals surface area contributed by atoms with Gasteiger partial charge >= 0.3 is 0 Å². The lowest BCUT2D eigenvalue weighted by atomic mass is 10.1. The largest absolute Gasteiger partial charge is 0.507 e. The van der Waals surface area contributed by atoms with Gasteiger partial charge in [-0.25, -0.2) is 4.98 Å². The number of nitrogens with zero attached hydrogens (tertiary/aromatic N) is 2. The molecule has 1 aromatic carbocycles. The second kappa shape index (κ2) is 3.77. The van der Waals surface area contributed by atoms with Gasteiger partial charge in [0.25, 0.3) is 0 Å². The van der Waals surface area contributed by atoms with E-state index in [9.17, 15) is 5.11 Å². The van der Waals surface area contributed by atoms with Crippen LogP contribution in [-0.4, -0.2) is 14.7 Å². The summed E-state index contributed by atoms with van der Waals surface area (Å²) in [5, 5.41) is 9.64. The van der Waals surface area contributed by atoms with E-state index in [-0.39, 0.29) is 0 Å². The van der Waals surface area contributed by atoms with E-state index >= 15 is 0 Å². The molecule has 1 N–H and O–H groups in total. The van der Waals surface area contributed by atoms with Crippen LogP contribution in [0.3, 0.4) is 0 Å². The summed E-state index contributed by atoms with van der Waals surface area (Å²) in [6.45, 7) is 4.63. The van der Waals surface area contributed by atoms with Gasteiger partial charge in [0.2, 0.25) is 0 Å². The number of imidazole rings is 1. The van der Waals surface area contributed by atoms with Crippen LogP contribution in [0.4, 0.5) is 0 Å². The van der Waals surface area contributed by atoms with E-state index < -0.39 is 0 Å². The molecule has 78 valence electrons. The molecule has 1 heterocycles. The molecular formula is C12H14N2O. The predicted molar refractivity (Wildman–Crippen MR) is 58.9 cm³/mol. The van der Waals surface area contributed by atoms with Gasteiger partial charge in [0, 0.05) is 18.9 Å². The van der Waals surface area contributed by atoms with Crippen LogP contribution in [0.1, 0.15) is 16.7 Å². The van der Waals surface area contributed by atoms with Crippen molar-refractivity contribution >= 4 is 0 Å². The fourth-order valence-corrected chi connectivity index (χ4v) is 1.73. The van der Waals surface area contributed by atoms with Gasteiger partial charge in [0.05, 0.1) is 6.33 Å². The number of rotatable bonds is 2. The Hall–Kier alpha value is -1.77. The summed E-state index contributed by atoms with van der Waals surface area (Å²) >= 11 is 0. The van der Waals surface area contributed by atoms with Crippen LogP contribution in [-0.2, 0) is 6.54 Å². The minimum absolute atomic E-state index is 0.393. The van der Waals surface area contributed by atoms with Crippen LogP contribution in [0.2, 0.25) is 0 Å². The Balaban J connectivity index is 2.30. The van der Waals surface area contributed by atoms with Crippen molar-refractivity contribution in [3.05, 3.63) is 47.5 Å². The lowest BCUT2D eigenvalue weighted by Crippen LogP contribution is -1.97. The Kier molecular flexibility index (Phi) is 2.46. The molecule has 3 nitrogen and oxygen atoms in total. The predicted octanol–water partition coefficient (Wildman–Crippen LogP) is 2.25. The highest BCUT2D eigenvalue weighted by molar-refractivity contribution is 5.42. The molecule has 0 aliphatic rings. The first-order valence-electron chi connectivity index (χ1n) is 4.91. The quantitative estimate of drug-likeness (QED) is 0.811. The first kappa shape index (κ1) is 9.77. The molecule has 0 saturated heterocycles. The molecule has 0 saturated carbocycles. The van der Waals surface area contributed by atoms with Crippen LogP contribution in [0.5, 0.6) is 5.75 Å². The maximum absolute atomic E-state index is 9.64. The summed E-state index contributed by atoms with van der Waals surface area (Å²) in [6.07, 6.45) is 5.48. The molecule has 0 aliphatic heterocycles. The average molecular weight is 202 g/mol. The lowest BCUT2D eigenvalue weighted by molar-refractivity contribution is 0.466. The van der Waals surface area contributed by atoms with Crippen LogP contribution in [0.15, 0.2) is 30.9 Å². The molecule has 0 aliphatic carbocycles. The van der Waals surface area contributed by atoms with E-state index in [1.807, 2.05) is 36.7 Å². The third-order valence-corrected chi connectivity index (χ3v) is 2.48. The Labute approximate surface area is 89.0 Å². The highest BCUT2D eigenvalue weighted by Crippen LogP contribution is 2.23. The molecule has 0 radical (unpaired) electrons. The fourth-order valence-electron chi connectivity index (χ4n) is 1.73. The maximum Gasteiger partial charge on any atom is 0.121 e. The maximum atomic E-state index is 9.64. The van der Waals surface area contributed by atoms with Crippen molar-refractivity contribution in [2.24, 2.45) is 0 Å². The molecule has 1 aromatic heterocycles. The Morgan fingerprint density at radius 1 is 1.27 bits per heavy atom. The molecule has 0 atom stereocenters. The Bertz CT molecular complexity index is 437. The van der Waals surface area contributed by atoms with Gasteiger partial charge in [-0.3, -0.25) is 0 Å². The second-order valence-corrected chi connectivity index (χ2v) is 3.81. The molecule has 2 aromatic rings. The van der Waals surface area contributed by atoms with Crippen molar-refractivity contribution in [3.8, 4) is 5.75 Å². The molecule has 0 bridgehead atoms. The smallest absolute Gasteiger partial charge is 0.121 e. The van der Waals surface area contributed by atoms with E-state index in [1.54, 1.807) is 12.5 Å². The van der Waals surface area contributed by atoms with Gasteiger partial charge in [-0.1, -0.05) is 12.1 Å². The SMILES string of the molecule is Cc1cc(Cn2ccnc2)cc(C)c1O. The third-order valence-electron chi connectivity index (χ3n) is 2.48. The molecule has 2 rings (SSSR count). The molecule has 0 unspecified atom stereocenters.